The van der Waals surface area contributed by atoms with Gasteiger partial charge in [0.15, 0.2) is 5.76 Å². The summed E-state index contributed by atoms with van der Waals surface area (Å²) in [4.78, 5) is 15.1. The molecule has 1 fully saturated rings. The van der Waals surface area contributed by atoms with Crippen LogP contribution in [0.15, 0.2) is 81.1 Å². The van der Waals surface area contributed by atoms with Crippen LogP contribution in [0.2, 0.25) is 5.02 Å². The standard InChI is InChI=1S/C23H23ClN2O4S/c24-19-11-5-4-10-18(19)20(26-14-6-7-15-26)16-25-23(27)21-12-13-22(30-21)31(28,29)17-8-2-1-3-9-17/h1-5,8-13,20H,6-7,14-16H2,(H,25,27). The first-order valence-corrected chi connectivity index (χ1v) is 12.0. The molecule has 4 rings (SSSR count). The van der Waals surface area contributed by atoms with E-state index in [1.54, 1.807) is 18.2 Å². The third-order valence-corrected chi connectivity index (χ3v) is 7.41. The number of hydrogen-bond donors (Lipinski definition) is 1. The molecule has 1 saturated heterocycles. The smallest absolute Gasteiger partial charge is 0.287 e. The third-order valence-electron chi connectivity index (χ3n) is 5.43. The number of likely N-dealkylation sites (tertiary alicyclic amines) is 1. The molecule has 0 aliphatic carbocycles. The Morgan fingerprint density at radius 1 is 1.00 bits per heavy atom. The first-order valence-electron chi connectivity index (χ1n) is 10.1. The fourth-order valence-electron chi connectivity index (χ4n) is 3.81. The predicted molar refractivity (Wildman–Crippen MR) is 118 cm³/mol. The molecule has 1 N–H and O–H groups in total. The fraction of sp³-hybridized carbons (Fsp3) is 0.261. The van der Waals surface area contributed by atoms with Crippen LogP contribution in [-0.4, -0.2) is 38.9 Å². The van der Waals surface area contributed by atoms with Crippen molar-refractivity contribution in [3.05, 3.63) is 83.1 Å². The molecule has 1 aromatic heterocycles. The van der Waals surface area contributed by atoms with Gasteiger partial charge in [0.05, 0.1) is 10.9 Å². The summed E-state index contributed by atoms with van der Waals surface area (Å²) in [5, 5.41) is 3.28. The Morgan fingerprint density at radius 3 is 2.39 bits per heavy atom. The van der Waals surface area contributed by atoms with Gasteiger partial charge in [0.2, 0.25) is 14.9 Å². The van der Waals surface area contributed by atoms with Gasteiger partial charge in [-0.2, -0.15) is 0 Å². The zero-order valence-electron chi connectivity index (χ0n) is 16.8. The highest BCUT2D eigenvalue weighted by atomic mass is 35.5. The number of sulfone groups is 1. The van der Waals surface area contributed by atoms with Crippen molar-refractivity contribution in [2.24, 2.45) is 0 Å². The van der Waals surface area contributed by atoms with Gasteiger partial charge in [-0.25, -0.2) is 8.42 Å². The number of furan rings is 1. The molecule has 0 saturated carbocycles. The Hall–Kier alpha value is -2.61. The van der Waals surface area contributed by atoms with Crippen molar-refractivity contribution in [1.29, 1.82) is 0 Å². The number of nitrogens with one attached hydrogen (secondary N) is 1. The van der Waals surface area contributed by atoms with Crippen LogP contribution in [0, 0.1) is 0 Å². The van der Waals surface area contributed by atoms with E-state index in [1.807, 2.05) is 24.3 Å². The van der Waals surface area contributed by atoms with Crippen molar-refractivity contribution in [1.82, 2.24) is 10.2 Å². The summed E-state index contributed by atoms with van der Waals surface area (Å²) in [7, 11) is -3.82. The maximum atomic E-state index is 12.7. The highest BCUT2D eigenvalue weighted by molar-refractivity contribution is 7.91. The number of hydrogen-bond acceptors (Lipinski definition) is 5. The van der Waals surface area contributed by atoms with Gasteiger partial charge in [-0.15, -0.1) is 0 Å². The number of carbonyl (C=O) groups excluding carboxylic acids is 1. The van der Waals surface area contributed by atoms with Crippen LogP contribution in [0.3, 0.4) is 0 Å². The molecule has 162 valence electrons. The second kappa shape index (κ2) is 9.26. The molecule has 0 bridgehead atoms. The van der Waals surface area contributed by atoms with Gasteiger partial charge in [-0.1, -0.05) is 48.0 Å². The van der Waals surface area contributed by atoms with Crippen LogP contribution in [-0.2, 0) is 9.84 Å². The maximum absolute atomic E-state index is 12.7. The summed E-state index contributed by atoms with van der Waals surface area (Å²) < 4.78 is 30.8. The molecule has 2 heterocycles. The van der Waals surface area contributed by atoms with Gasteiger partial charge in [-0.3, -0.25) is 9.69 Å². The Labute approximate surface area is 186 Å². The van der Waals surface area contributed by atoms with Crippen molar-refractivity contribution >= 4 is 27.3 Å². The topological polar surface area (TPSA) is 79.6 Å². The highest BCUT2D eigenvalue weighted by Gasteiger charge is 2.27. The zero-order valence-corrected chi connectivity index (χ0v) is 18.4. The van der Waals surface area contributed by atoms with Crippen molar-refractivity contribution < 1.29 is 17.6 Å². The summed E-state index contributed by atoms with van der Waals surface area (Å²) in [6.45, 7) is 2.21. The second-order valence-electron chi connectivity index (χ2n) is 7.43. The lowest BCUT2D eigenvalue weighted by atomic mass is 10.1. The number of carbonyl (C=O) groups is 1. The zero-order chi connectivity index (χ0) is 21.8. The molecule has 1 amide bonds. The third kappa shape index (κ3) is 4.69. The largest absolute Gasteiger partial charge is 0.439 e. The van der Waals surface area contributed by atoms with Crippen LogP contribution < -0.4 is 5.32 Å². The molecule has 8 heteroatoms. The molecule has 0 radical (unpaired) electrons. The Balaban J connectivity index is 1.50. The monoisotopic (exact) mass is 458 g/mol. The molecular weight excluding hydrogens is 436 g/mol. The average Bonchev–Trinajstić information content (AvgIpc) is 3.48. The molecule has 6 nitrogen and oxygen atoms in total. The normalized spacial score (nSPS) is 15.6. The lowest BCUT2D eigenvalue weighted by molar-refractivity contribution is 0.0905. The van der Waals surface area contributed by atoms with E-state index in [1.165, 1.54) is 24.3 Å². The van der Waals surface area contributed by atoms with Crippen LogP contribution >= 0.6 is 11.6 Å². The fourth-order valence-corrected chi connectivity index (χ4v) is 5.27. The minimum atomic E-state index is -3.82. The molecule has 2 aromatic carbocycles. The van der Waals surface area contributed by atoms with Crippen LogP contribution in [0.4, 0.5) is 0 Å². The molecule has 0 spiro atoms. The Kier molecular flexibility index (Phi) is 6.46. The maximum Gasteiger partial charge on any atom is 0.287 e. The molecule has 1 aliphatic rings. The van der Waals surface area contributed by atoms with Gasteiger partial charge in [-0.05, 0) is 61.8 Å². The highest BCUT2D eigenvalue weighted by Crippen LogP contribution is 2.30. The Bertz CT molecular complexity index is 1160. The second-order valence-corrected chi connectivity index (χ2v) is 9.71. The van der Waals surface area contributed by atoms with Gasteiger partial charge in [0, 0.05) is 11.6 Å². The van der Waals surface area contributed by atoms with E-state index in [4.69, 9.17) is 16.0 Å². The number of benzene rings is 2. The van der Waals surface area contributed by atoms with E-state index in [2.05, 4.69) is 10.2 Å². The summed E-state index contributed by atoms with van der Waals surface area (Å²) in [5.74, 6) is -0.514. The van der Waals surface area contributed by atoms with Gasteiger partial charge in [0.25, 0.3) is 5.91 Å². The summed E-state index contributed by atoms with van der Waals surface area (Å²) in [6, 6.07) is 18.2. The minimum Gasteiger partial charge on any atom is -0.439 e. The van der Waals surface area contributed by atoms with Crippen molar-refractivity contribution in [3.8, 4) is 0 Å². The van der Waals surface area contributed by atoms with Gasteiger partial charge < -0.3 is 9.73 Å². The van der Waals surface area contributed by atoms with Crippen molar-refractivity contribution in [2.75, 3.05) is 19.6 Å². The van der Waals surface area contributed by atoms with Gasteiger partial charge in [0.1, 0.15) is 0 Å². The van der Waals surface area contributed by atoms with Crippen molar-refractivity contribution in [2.45, 2.75) is 28.9 Å². The summed E-state index contributed by atoms with van der Waals surface area (Å²) in [5.41, 5.74) is 0.957. The number of nitrogens with zero attached hydrogens (tertiary/aromatic N) is 1. The summed E-state index contributed by atoms with van der Waals surface area (Å²) >= 11 is 6.42. The van der Waals surface area contributed by atoms with Crippen molar-refractivity contribution in [3.63, 3.8) is 0 Å². The molecule has 1 unspecified atom stereocenters. The van der Waals surface area contributed by atoms with E-state index in [9.17, 15) is 13.2 Å². The molecule has 1 atom stereocenters. The SMILES string of the molecule is O=C(NCC(c1ccccc1Cl)N1CCCC1)c1ccc(S(=O)(=O)c2ccccc2)o1. The van der Waals surface area contributed by atoms with Crippen LogP contribution in [0.25, 0.3) is 0 Å². The molecular formula is C23H23ClN2O4S. The quantitative estimate of drug-likeness (QED) is 0.570. The summed E-state index contributed by atoms with van der Waals surface area (Å²) in [6.07, 6.45) is 2.21. The number of halogens is 1. The lowest BCUT2D eigenvalue weighted by Crippen LogP contribution is -2.36. The number of amides is 1. The lowest BCUT2D eigenvalue weighted by Gasteiger charge is -2.28. The first-order chi connectivity index (χ1) is 15.0. The average molecular weight is 459 g/mol. The van der Waals surface area contributed by atoms with E-state index in [-0.39, 0.29) is 21.8 Å². The van der Waals surface area contributed by atoms with Crippen LogP contribution in [0.5, 0.6) is 0 Å². The molecule has 3 aromatic rings. The van der Waals surface area contributed by atoms with Crippen LogP contribution in [0.1, 0.15) is 35.0 Å². The minimum absolute atomic E-state index is 0.0474. The van der Waals surface area contributed by atoms with Gasteiger partial charge >= 0.3 is 0 Å². The predicted octanol–water partition coefficient (Wildman–Crippen LogP) is 4.33. The molecule has 1 aliphatic heterocycles. The van der Waals surface area contributed by atoms with E-state index in [0.717, 1.165) is 31.5 Å². The molecule has 31 heavy (non-hydrogen) atoms. The Morgan fingerprint density at radius 2 is 1.68 bits per heavy atom. The van der Waals surface area contributed by atoms with E-state index >= 15 is 0 Å². The van der Waals surface area contributed by atoms with E-state index < -0.39 is 15.7 Å². The first kappa shape index (κ1) is 21.6. The van der Waals surface area contributed by atoms with E-state index in [0.29, 0.717) is 11.6 Å². The number of rotatable bonds is 7.